The first-order chi connectivity index (χ1) is 9.81. The summed E-state index contributed by atoms with van der Waals surface area (Å²) in [6, 6.07) is 6.47. The molecule has 0 saturated carbocycles. The number of hydrogen-bond donors (Lipinski definition) is 0. The molecule has 0 radical (unpaired) electrons. The van der Waals surface area contributed by atoms with Gasteiger partial charge in [0, 0.05) is 23.5 Å². The van der Waals surface area contributed by atoms with E-state index in [4.69, 9.17) is 23.2 Å². The largest absolute Gasteiger partial charge is 0.344 e. The molecule has 0 saturated heterocycles. The molecule has 1 heterocycles. The van der Waals surface area contributed by atoms with Crippen LogP contribution >= 0.6 is 23.2 Å². The van der Waals surface area contributed by atoms with Crippen molar-refractivity contribution in [3.63, 3.8) is 0 Å². The highest BCUT2D eigenvalue weighted by atomic mass is 35.5. The second kappa shape index (κ2) is 6.20. The normalized spacial score (nSPS) is 12.5. The lowest BCUT2D eigenvalue weighted by molar-refractivity contribution is 0.0991. The number of alkyl halides is 1. The summed E-state index contributed by atoms with van der Waals surface area (Å²) in [5.74, 6) is -0.527. The summed E-state index contributed by atoms with van der Waals surface area (Å²) < 4.78 is 15.2. The first kappa shape index (κ1) is 16.1. The van der Waals surface area contributed by atoms with Crippen LogP contribution in [0.1, 0.15) is 34.2 Å². The Morgan fingerprint density at radius 3 is 2.57 bits per heavy atom. The van der Waals surface area contributed by atoms with Crippen molar-refractivity contribution < 1.29 is 9.18 Å². The molecule has 0 fully saturated rings. The Bertz CT molecular complexity index is 692. The number of carbonyl (C=O) groups excluding carboxylic acids is 1. The molecule has 1 aromatic heterocycles. The fraction of sp³-hybridized carbons (Fsp3) is 0.312. The molecule has 21 heavy (non-hydrogen) atoms. The van der Waals surface area contributed by atoms with Crippen LogP contribution < -0.4 is 0 Å². The Balaban J connectivity index is 2.36. The van der Waals surface area contributed by atoms with Crippen LogP contribution in [0.15, 0.2) is 24.3 Å². The monoisotopic (exact) mass is 327 g/mol. The van der Waals surface area contributed by atoms with Crippen molar-refractivity contribution in [3.05, 3.63) is 57.6 Å². The van der Waals surface area contributed by atoms with Gasteiger partial charge in [-0.2, -0.15) is 0 Å². The number of carbonyl (C=O) groups is 1. The van der Waals surface area contributed by atoms with Crippen molar-refractivity contribution in [2.45, 2.75) is 32.7 Å². The molecule has 0 aliphatic heterocycles. The SMILES string of the molecule is Cc1cc(C(=O)C(C)Cl)c(C)n1Cc1ccc(F)c(Cl)c1. The quantitative estimate of drug-likeness (QED) is 0.586. The van der Waals surface area contributed by atoms with Crippen molar-refractivity contribution >= 4 is 29.0 Å². The van der Waals surface area contributed by atoms with Crippen LogP contribution in [0.2, 0.25) is 5.02 Å². The number of benzene rings is 1. The van der Waals surface area contributed by atoms with Crippen molar-refractivity contribution in [2.24, 2.45) is 0 Å². The lowest BCUT2D eigenvalue weighted by atomic mass is 10.1. The number of halogens is 3. The Kier molecular flexibility index (Phi) is 4.74. The number of aromatic nitrogens is 1. The highest BCUT2D eigenvalue weighted by molar-refractivity contribution is 6.33. The predicted octanol–water partition coefficient (Wildman–Crippen LogP) is 4.76. The first-order valence-corrected chi connectivity index (χ1v) is 7.41. The predicted molar refractivity (Wildman–Crippen MR) is 84.1 cm³/mol. The molecular weight excluding hydrogens is 312 g/mol. The highest BCUT2D eigenvalue weighted by Crippen LogP contribution is 2.22. The van der Waals surface area contributed by atoms with Gasteiger partial charge in [-0.3, -0.25) is 4.79 Å². The molecule has 1 aromatic carbocycles. The molecule has 0 aliphatic carbocycles. The van der Waals surface area contributed by atoms with Crippen LogP contribution in [-0.4, -0.2) is 15.7 Å². The third-order valence-electron chi connectivity index (χ3n) is 3.53. The Morgan fingerprint density at radius 2 is 2.00 bits per heavy atom. The second-order valence-corrected chi connectivity index (χ2v) is 6.16. The van der Waals surface area contributed by atoms with Gasteiger partial charge in [0.1, 0.15) is 5.82 Å². The summed E-state index contributed by atoms with van der Waals surface area (Å²) in [7, 11) is 0. The zero-order chi connectivity index (χ0) is 15.7. The first-order valence-electron chi connectivity index (χ1n) is 6.60. The van der Waals surface area contributed by atoms with Crippen molar-refractivity contribution in [1.82, 2.24) is 4.57 Å². The van der Waals surface area contributed by atoms with Gasteiger partial charge in [-0.05, 0) is 44.5 Å². The lowest BCUT2D eigenvalue weighted by Gasteiger charge is -2.11. The molecular formula is C16H16Cl2FNO. The summed E-state index contributed by atoms with van der Waals surface area (Å²) in [5.41, 5.74) is 3.31. The number of nitrogens with zero attached hydrogens (tertiary/aromatic N) is 1. The van der Waals surface area contributed by atoms with E-state index in [0.29, 0.717) is 12.1 Å². The molecule has 2 rings (SSSR count). The Hall–Kier alpha value is -1.32. The number of aryl methyl sites for hydroxylation is 1. The number of Topliss-reactive ketones (excluding diaryl/α,β-unsaturated/α-hetero) is 1. The molecule has 2 nitrogen and oxygen atoms in total. The van der Waals surface area contributed by atoms with Crippen LogP contribution in [0.25, 0.3) is 0 Å². The van der Waals surface area contributed by atoms with E-state index in [-0.39, 0.29) is 10.8 Å². The second-order valence-electron chi connectivity index (χ2n) is 5.10. The molecule has 0 N–H and O–H groups in total. The third-order valence-corrected chi connectivity index (χ3v) is 4.01. The molecule has 1 unspecified atom stereocenters. The minimum Gasteiger partial charge on any atom is -0.344 e. The van der Waals surface area contributed by atoms with Crippen LogP contribution in [-0.2, 0) is 6.54 Å². The van der Waals surface area contributed by atoms with Gasteiger partial charge in [-0.1, -0.05) is 17.7 Å². The van der Waals surface area contributed by atoms with E-state index in [1.165, 1.54) is 6.07 Å². The molecule has 0 amide bonds. The van der Waals surface area contributed by atoms with E-state index in [0.717, 1.165) is 17.0 Å². The molecule has 0 bridgehead atoms. The molecule has 1 atom stereocenters. The molecule has 112 valence electrons. The fourth-order valence-electron chi connectivity index (χ4n) is 2.33. The van der Waals surface area contributed by atoms with Gasteiger partial charge in [0.15, 0.2) is 5.78 Å². The van der Waals surface area contributed by atoms with Gasteiger partial charge in [-0.25, -0.2) is 4.39 Å². The van der Waals surface area contributed by atoms with Gasteiger partial charge in [0.2, 0.25) is 0 Å². The van der Waals surface area contributed by atoms with Gasteiger partial charge >= 0.3 is 0 Å². The maximum absolute atomic E-state index is 13.2. The Labute approximate surface area is 133 Å². The van der Waals surface area contributed by atoms with Crippen molar-refractivity contribution in [2.75, 3.05) is 0 Å². The zero-order valence-electron chi connectivity index (χ0n) is 12.1. The summed E-state index contributed by atoms with van der Waals surface area (Å²) in [6.07, 6.45) is 0. The minimum absolute atomic E-state index is 0.0897. The lowest BCUT2D eigenvalue weighted by Crippen LogP contribution is -2.12. The van der Waals surface area contributed by atoms with E-state index in [1.807, 2.05) is 24.5 Å². The topological polar surface area (TPSA) is 22.0 Å². The molecule has 0 aliphatic rings. The number of ketones is 1. The smallest absolute Gasteiger partial charge is 0.182 e. The summed E-state index contributed by atoms with van der Waals surface area (Å²) in [4.78, 5) is 12.1. The maximum Gasteiger partial charge on any atom is 0.182 e. The van der Waals surface area contributed by atoms with Crippen LogP contribution in [0, 0.1) is 19.7 Å². The number of rotatable bonds is 4. The molecule has 2 aromatic rings. The van der Waals surface area contributed by atoms with E-state index in [1.54, 1.807) is 19.1 Å². The van der Waals surface area contributed by atoms with E-state index < -0.39 is 11.2 Å². The van der Waals surface area contributed by atoms with E-state index >= 15 is 0 Å². The third kappa shape index (κ3) is 3.30. The standard InChI is InChI=1S/C16H16Cl2FNO/c1-9-6-13(16(21)10(2)17)11(3)20(9)8-12-4-5-15(19)14(18)7-12/h4-7,10H,8H2,1-3H3. The van der Waals surface area contributed by atoms with Gasteiger partial charge in [-0.15, -0.1) is 11.6 Å². The maximum atomic E-state index is 13.2. The van der Waals surface area contributed by atoms with Crippen LogP contribution in [0.4, 0.5) is 4.39 Å². The molecule has 0 spiro atoms. The summed E-state index contributed by atoms with van der Waals surface area (Å²) in [5, 5.41) is -0.458. The van der Waals surface area contributed by atoms with E-state index in [2.05, 4.69) is 0 Å². The van der Waals surface area contributed by atoms with Gasteiger partial charge < -0.3 is 4.57 Å². The average molecular weight is 328 g/mol. The van der Waals surface area contributed by atoms with Crippen LogP contribution in [0.3, 0.4) is 0 Å². The number of hydrogen-bond acceptors (Lipinski definition) is 1. The van der Waals surface area contributed by atoms with Gasteiger partial charge in [0.05, 0.1) is 10.4 Å². The highest BCUT2D eigenvalue weighted by Gasteiger charge is 2.19. The molecule has 5 heteroatoms. The summed E-state index contributed by atoms with van der Waals surface area (Å²) in [6.45, 7) is 6.00. The summed E-state index contributed by atoms with van der Waals surface area (Å²) >= 11 is 11.7. The van der Waals surface area contributed by atoms with Crippen molar-refractivity contribution in [1.29, 1.82) is 0 Å². The van der Waals surface area contributed by atoms with Crippen molar-refractivity contribution in [3.8, 4) is 0 Å². The zero-order valence-corrected chi connectivity index (χ0v) is 13.6. The minimum atomic E-state index is -0.556. The van der Waals surface area contributed by atoms with E-state index in [9.17, 15) is 9.18 Å². The van der Waals surface area contributed by atoms with Gasteiger partial charge in [0.25, 0.3) is 0 Å². The van der Waals surface area contributed by atoms with Crippen LogP contribution in [0.5, 0.6) is 0 Å². The average Bonchev–Trinajstić information content (AvgIpc) is 2.70. The Morgan fingerprint density at radius 1 is 1.33 bits per heavy atom. The fourth-order valence-corrected chi connectivity index (χ4v) is 2.65.